The number of likely N-dealkylation sites (tertiary alicyclic amines) is 1. The average Bonchev–Trinajstić information content (AvgIpc) is 3.42. The van der Waals surface area contributed by atoms with Crippen LogP contribution in [0, 0.1) is 0 Å². The Balaban J connectivity index is 1.59. The van der Waals surface area contributed by atoms with E-state index in [9.17, 15) is 9.59 Å². The van der Waals surface area contributed by atoms with Gasteiger partial charge in [-0.15, -0.1) is 0 Å². The van der Waals surface area contributed by atoms with Crippen LogP contribution in [0.4, 0.5) is 0 Å². The average molecular weight is 515 g/mol. The van der Waals surface area contributed by atoms with Crippen LogP contribution in [0.2, 0.25) is 20.1 Å². The predicted octanol–water partition coefficient (Wildman–Crippen LogP) is 4.62. The highest BCUT2D eigenvalue weighted by atomic mass is 35.5. The maximum Gasteiger partial charge on any atom is 0.245 e. The van der Waals surface area contributed by atoms with Crippen molar-refractivity contribution in [3.63, 3.8) is 0 Å². The van der Waals surface area contributed by atoms with Crippen LogP contribution in [0.1, 0.15) is 30.4 Å². The quantitative estimate of drug-likeness (QED) is 0.590. The lowest BCUT2D eigenvalue weighted by Gasteiger charge is -2.27. The number of hydrogen-bond acceptors (Lipinski definition) is 3. The maximum absolute atomic E-state index is 13.4. The maximum atomic E-state index is 13.4. The molecule has 1 saturated carbocycles. The van der Waals surface area contributed by atoms with Crippen LogP contribution >= 0.6 is 46.4 Å². The summed E-state index contributed by atoms with van der Waals surface area (Å²) in [5, 5.41) is 4.89. The Labute approximate surface area is 207 Å². The summed E-state index contributed by atoms with van der Waals surface area (Å²) in [7, 11) is 0. The predicted molar refractivity (Wildman–Crippen MR) is 129 cm³/mol. The lowest BCUT2D eigenvalue weighted by molar-refractivity contribution is -0.136. The molecule has 2 amide bonds. The summed E-state index contributed by atoms with van der Waals surface area (Å²) in [6, 6.07) is 9.41. The Hall–Kier alpha value is -1.50. The lowest BCUT2D eigenvalue weighted by atomic mass is 9.93. The van der Waals surface area contributed by atoms with Gasteiger partial charge in [0.05, 0.1) is 5.41 Å². The smallest absolute Gasteiger partial charge is 0.245 e. The number of carbonyl (C=O) groups is 2. The second-order valence-corrected chi connectivity index (χ2v) is 10.2. The van der Waals surface area contributed by atoms with Gasteiger partial charge in [0, 0.05) is 45.6 Å². The number of hydrogen-bond donors (Lipinski definition) is 2. The lowest BCUT2D eigenvalue weighted by Crippen LogP contribution is -2.52. The van der Waals surface area contributed by atoms with E-state index in [1.54, 1.807) is 41.3 Å². The molecule has 1 saturated heterocycles. The molecule has 3 N–H and O–H groups in total. The van der Waals surface area contributed by atoms with Crippen LogP contribution < -0.4 is 11.1 Å². The van der Waals surface area contributed by atoms with Crippen molar-refractivity contribution in [3.05, 3.63) is 67.6 Å². The molecule has 32 heavy (non-hydrogen) atoms. The molecule has 1 aliphatic carbocycles. The van der Waals surface area contributed by atoms with Crippen molar-refractivity contribution in [1.82, 2.24) is 10.2 Å². The summed E-state index contributed by atoms with van der Waals surface area (Å²) in [6.45, 7) is 1.03. The Kier molecular flexibility index (Phi) is 6.94. The second-order valence-electron chi connectivity index (χ2n) is 8.51. The zero-order valence-electron chi connectivity index (χ0n) is 17.2. The minimum Gasteiger partial charge on any atom is -0.343 e. The second kappa shape index (κ2) is 9.40. The van der Waals surface area contributed by atoms with Gasteiger partial charge in [-0.05, 0) is 54.7 Å². The monoisotopic (exact) mass is 513 g/mol. The largest absolute Gasteiger partial charge is 0.343 e. The molecule has 2 aromatic carbocycles. The molecule has 9 heteroatoms. The number of nitrogens with zero attached hydrogens (tertiary/aromatic N) is 1. The third kappa shape index (κ3) is 4.87. The number of rotatable bonds is 6. The molecular formula is C23H23Cl4N3O2. The molecule has 1 heterocycles. The molecule has 2 fully saturated rings. The van der Waals surface area contributed by atoms with Gasteiger partial charge in [-0.25, -0.2) is 0 Å². The van der Waals surface area contributed by atoms with Gasteiger partial charge in [0.1, 0.15) is 6.04 Å². The molecule has 0 radical (unpaired) electrons. The van der Waals surface area contributed by atoms with Gasteiger partial charge in [-0.1, -0.05) is 58.5 Å². The van der Waals surface area contributed by atoms with Crippen molar-refractivity contribution in [1.29, 1.82) is 0 Å². The Bertz CT molecular complexity index is 1060. The molecule has 2 aromatic rings. The summed E-state index contributed by atoms with van der Waals surface area (Å²) in [6.07, 6.45) is 2.28. The van der Waals surface area contributed by atoms with Crippen LogP contribution in [-0.2, 0) is 21.4 Å². The van der Waals surface area contributed by atoms with Gasteiger partial charge in [0.25, 0.3) is 0 Å². The van der Waals surface area contributed by atoms with E-state index < -0.39 is 11.5 Å². The van der Waals surface area contributed by atoms with E-state index in [2.05, 4.69) is 5.32 Å². The van der Waals surface area contributed by atoms with Crippen molar-refractivity contribution in [3.8, 4) is 0 Å². The Morgan fingerprint density at radius 1 is 1.06 bits per heavy atom. The van der Waals surface area contributed by atoms with Crippen LogP contribution in [0.3, 0.4) is 0 Å². The SMILES string of the molecule is N[C@H]1CCN(C(=O)C(Cc2ccc(Cl)cc2Cl)NC(=O)C2(c3ccc(Cl)cc3Cl)CC2)C1. The van der Waals surface area contributed by atoms with E-state index in [4.69, 9.17) is 52.1 Å². The normalized spacial score (nSPS) is 20.2. The summed E-state index contributed by atoms with van der Waals surface area (Å²) in [4.78, 5) is 28.5. The van der Waals surface area contributed by atoms with Gasteiger partial charge in [0.2, 0.25) is 11.8 Å². The molecule has 0 bridgehead atoms. The van der Waals surface area contributed by atoms with Gasteiger partial charge in [0.15, 0.2) is 0 Å². The standard InChI is InChI=1S/C23H23Cl4N3O2/c24-14-2-1-13(18(26)10-14)9-20(21(31)30-8-5-16(28)12-30)29-22(32)23(6-7-23)17-4-3-15(25)11-19(17)27/h1-4,10-11,16,20H,5-9,12,28H2,(H,29,32)/t16-,20?/m0/s1. The fourth-order valence-electron chi connectivity index (χ4n) is 4.23. The number of carbonyl (C=O) groups excluding carboxylic acids is 2. The van der Waals surface area contributed by atoms with E-state index >= 15 is 0 Å². The van der Waals surface area contributed by atoms with Crippen molar-refractivity contribution >= 4 is 58.2 Å². The van der Waals surface area contributed by atoms with Crippen molar-refractivity contribution in [2.24, 2.45) is 5.73 Å². The highest BCUT2D eigenvalue weighted by Gasteiger charge is 2.53. The fraction of sp³-hybridized carbons (Fsp3) is 0.391. The zero-order valence-corrected chi connectivity index (χ0v) is 20.2. The molecule has 1 aliphatic heterocycles. The summed E-state index contributed by atoms with van der Waals surface area (Å²) in [5.41, 5.74) is 6.69. The zero-order chi connectivity index (χ0) is 23.0. The number of nitrogens with two attached hydrogens (primary N) is 1. The molecule has 170 valence electrons. The Morgan fingerprint density at radius 2 is 1.72 bits per heavy atom. The number of nitrogens with one attached hydrogen (secondary N) is 1. The van der Waals surface area contributed by atoms with Crippen molar-refractivity contribution < 1.29 is 9.59 Å². The Morgan fingerprint density at radius 3 is 2.28 bits per heavy atom. The fourth-order valence-corrected chi connectivity index (χ4v) is 5.31. The van der Waals surface area contributed by atoms with Gasteiger partial charge < -0.3 is 16.0 Å². The molecule has 2 atom stereocenters. The minimum atomic E-state index is -0.782. The number of benzene rings is 2. The van der Waals surface area contributed by atoms with Crippen LogP contribution in [0.5, 0.6) is 0 Å². The summed E-state index contributed by atoms with van der Waals surface area (Å²) >= 11 is 24.8. The first kappa shape index (κ1) is 23.7. The molecule has 0 spiro atoms. The van der Waals surface area contributed by atoms with E-state index in [0.717, 1.165) is 17.5 Å². The van der Waals surface area contributed by atoms with Gasteiger partial charge in [-0.2, -0.15) is 0 Å². The van der Waals surface area contributed by atoms with Crippen LogP contribution in [-0.4, -0.2) is 41.9 Å². The summed E-state index contributed by atoms with van der Waals surface area (Å²) in [5.74, 6) is -0.399. The van der Waals surface area contributed by atoms with Gasteiger partial charge >= 0.3 is 0 Å². The first-order chi connectivity index (χ1) is 15.2. The summed E-state index contributed by atoms with van der Waals surface area (Å²) < 4.78 is 0. The van der Waals surface area contributed by atoms with Crippen LogP contribution in [0.15, 0.2) is 36.4 Å². The number of halogens is 4. The molecule has 1 unspecified atom stereocenters. The van der Waals surface area contributed by atoms with E-state index in [1.165, 1.54) is 0 Å². The van der Waals surface area contributed by atoms with Crippen molar-refractivity contribution in [2.75, 3.05) is 13.1 Å². The van der Waals surface area contributed by atoms with E-state index in [-0.39, 0.29) is 24.3 Å². The van der Waals surface area contributed by atoms with Crippen LogP contribution in [0.25, 0.3) is 0 Å². The molecule has 4 rings (SSSR count). The highest BCUT2D eigenvalue weighted by Crippen LogP contribution is 2.51. The third-order valence-electron chi connectivity index (χ3n) is 6.21. The topological polar surface area (TPSA) is 75.4 Å². The minimum absolute atomic E-state index is 0.0583. The molecule has 0 aromatic heterocycles. The first-order valence-corrected chi connectivity index (χ1v) is 12.0. The molecule has 5 nitrogen and oxygen atoms in total. The number of amides is 2. The van der Waals surface area contributed by atoms with Crippen molar-refractivity contribution in [2.45, 2.75) is 43.2 Å². The first-order valence-electron chi connectivity index (χ1n) is 10.4. The van der Waals surface area contributed by atoms with E-state index in [1.807, 2.05) is 0 Å². The molecule has 2 aliphatic rings. The molecular weight excluding hydrogens is 492 g/mol. The van der Waals surface area contributed by atoms with Gasteiger partial charge in [-0.3, -0.25) is 9.59 Å². The highest BCUT2D eigenvalue weighted by molar-refractivity contribution is 6.35. The van der Waals surface area contributed by atoms with E-state index in [0.29, 0.717) is 46.0 Å². The third-order valence-corrected chi connectivity index (χ3v) is 7.35.